The first kappa shape index (κ1) is 22.2. The van der Waals surface area contributed by atoms with E-state index in [9.17, 15) is 14.0 Å². The second-order valence-electron chi connectivity index (χ2n) is 11.2. The maximum Gasteiger partial charge on any atom is 0.251 e. The zero-order valence-electron chi connectivity index (χ0n) is 19.6. The van der Waals surface area contributed by atoms with Gasteiger partial charge in [0.1, 0.15) is 5.82 Å². The lowest BCUT2D eigenvalue weighted by Crippen LogP contribution is -2.69. The predicted octanol–water partition coefficient (Wildman–Crippen LogP) is 3.65. The summed E-state index contributed by atoms with van der Waals surface area (Å²) in [5.41, 5.74) is 2.61. The average molecular weight is 473 g/mol. The monoisotopic (exact) mass is 472 g/mol. The standard InChI is InChI=1S/C28H29FN4O2/c29-24-6-5-22-15-33(16-23(22)8-24)25(34)14-31-27-9-19-7-20(10-27)12-28(11-19,17-27)32-26(35)21-3-1-18(13-30)2-4-21/h1-6,8,19-20,31H,7,9-12,14-17H2,(H,32,35)/t19-,20+,27?,28?. The molecule has 2 aromatic rings. The maximum atomic E-state index is 13.6. The number of carbonyl (C=O) groups excluding carboxylic acids is 2. The van der Waals surface area contributed by atoms with Gasteiger partial charge in [-0.05, 0) is 97.9 Å². The Bertz CT molecular complexity index is 1220. The molecule has 5 aliphatic rings. The van der Waals surface area contributed by atoms with E-state index in [4.69, 9.17) is 5.26 Å². The van der Waals surface area contributed by atoms with Gasteiger partial charge in [-0.15, -0.1) is 0 Å². The summed E-state index contributed by atoms with van der Waals surface area (Å²) in [7, 11) is 0. The molecule has 4 aliphatic carbocycles. The van der Waals surface area contributed by atoms with Crippen molar-refractivity contribution in [2.75, 3.05) is 6.54 Å². The Balaban J connectivity index is 1.13. The van der Waals surface area contributed by atoms with Gasteiger partial charge in [0.15, 0.2) is 0 Å². The predicted molar refractivity (Wildman–Crippen MR) is 127 cm³/mol. The Labute approximate surface area is 204 Å². The molecule has 1 heterocycles. The van der Waals surface area contributed by atoms with E-state index in [1.807, 2.05) is 0 Å². The highest BCUT2D eigenvalue weighted by Gasteiger charge is 2.58. The number of halogens is 1. The van der Waals surface area contributed by atoms with Gasteiger partial charge >= 0.3 is 0 Å². The molecule has 6 nitrogen and oxygen atoms in total. The van der Waals surface area contributed by atoms with Crippen molar-refractivity contribution in [2.24, 2.45) is 11.8 Å². The molecular formula is C28H29FN4O2. The lowest BCUT2D eigenvalue weighted by molar-refractivity contribution is -0.132. The van der Waals surface area contributed by atoms with Crippen LogP contribution in [0.15, 0.2) is 42.5 Å². The molecule has 2 N–H and O–H groups in total. The third-order valence-electron chi connectivity index (χ3n) is 8.57. The van der Waals surface area contributed by atoms with E-state index in [1.54, 1.807) is 35.2 Å². The first-order valence-electron chi connectivity index (χ1n) is 12.5. The van der Waals surface area contributed by atoms with Gasteiger partial charge in [-0.3, -0.25) is 9.59 Å². The summed E-state index contributed by atoms with van der Waals surface area (Å²) in [6.07, 6.45) is 6.06. The van der Waals surface area contributed by atoms with Gasteiger partial charge in [-0.1, -0.05) is 6.07 Å². The number of fused-ring (bicyclic) bond motifs is 1. The molecule has 0 spiro atoms. The van der Waals surface area contributed by atoms with Crippen LogP contribution in [-0.2, 0) is 17.9 Å². The van der Waals surface area contributed by atoms with Crippen LogP contribution in [-0.4, -0.2) is 34.3 Å². The zero-order chi connectivity index (χ0) is 24.2. The molecule has 7 heteroatoms. The minimum Gasteiger partial charge on any atom is -0.347 e. The Morgan fingerprint density at radius 1 is 1.00 bits per heavy atom. The van der Waals surface area contributed by atoms with Crippen LogP contribution in [0.3, 0.4) is 0 Å². The normalized spacial score (nSPS) is 30.1. The van der Waals surface area contributed by atoms with Gasteiger partial charge in [0, 0.05) is 29.7 Å². The largest absolute Gasteiger partial charge is 0.347 e. The van der Waals surface area contributed by atoms with E-state index in [0.717, 1.165) is 43.2 Å². The van der Waals surface area contributed by atoms with E-state index in [1.165, 1.54) is 18.6 Å². The van der Waals surface area contributed by atoms with E-state index in [2.05, 4.69) is 16.7 Å². The maximum absolute atomic E-state index is 13.6. The Morgan fingerprint density at radius 3 is 2.40 bits per heavy atom. The fraction of sp³-hybridized carbons (Fsp3) is 0.464. The molecule has 0 saturated heterocycles. The molecule has 2 unspecified atom stereocenters. The zero-order valence-corrected chi connectivity index (χ0v) is 19.6. The van der Waals surface area contributed by atoms with E-state index >= 15 is 0 Å². The fourth-order valence-corrected chi connectivity index (χ4v) is 7.54. The molecule has 0 aromatic heterocycles. The number of hydrogen-bond donors (Lipinski definition) is 2. The highest BCUT2D eigenvalue weighted by atomic mass is 19.1. The van der Waals surface area contributed by atoms with Crippen LogP contribution in [0.25, 0.3) is 0 Å². The Kier molecular flexibility index (Phi) is 5.19. The molecule has 4 saturated carbocycles. The molecule has 2 aromatic carbocycles. The highest BCUT2D eigenvalue weighted by Crippen LogP contribution is 2.57. The van der Waals surface area contributed by atoms with Crippen molar-refractivity contribution in [3.63, 3.8) is 0 Å². The minimum atomic E-state index is -0.266. The van der Waals surface area contributed by atoms with Gasteiger partial charge in [0.05, 0.1) is 18.2 Å². The van der Waals surface area contributed by atoms with Crippen molar-refractivity contribution in [2.45, 2.75) is 62.7 Å². The van der Waals surface area contributed by atoms with Gasteiger partial charge < -0.3 is 15.5 Å². The van der Waals surface area contributed by atoms with Crippen molar-refractivity contribution < 1.29 is 14.0 Å². The van der Waals surface area contributed by atoms with Crippen LogP contribution in [0, 0.1) is 29.0 Å². The van der Waals surface area contributed by atoms with Crippen LogP contribution in [0.5, 0.6) is 0 Å². The second kappa shape index (κ2) is 8.17. The smallest absolute Gasteiger partial charge is 0.251 e. The van der Waals surface area contributed by atoms with Crippen LogP contribution >= 0.6 is 0 Å². The van der Waals surface area contributed by atoms with E-state index in [0.29, 0.717) is 36.1 Å². The molecule has 4 bridgehead atoms. The first-order chi connectivity index (χ1) is 16.8. The van der Waals surface area contributed by atoms with Crippen molar-refractivity contribution in [3.05, 3.63) is 70.5 Å². The first-order valence-corrected chi connectivity index (χ1v) is 12.5. The van der Waals surface area contributed by atoms with Crippen LogP contribution < -0.4 is 10.6 Å². The number of carbonyl (C=O) groups is 2. The number of nitrogens with zero attached hydrogens (tertiary/aromatic N) is 2. The fourth-order valence-electron chi connectivity index (χ4n) is 7.54. The van der Waals surface area contributed by atoms with Crippen LogP contribution in [0.2, 0.25) is 0 Å². The van der Waals surface area contributed by atoms with Gasteiger partial charge in [0.2, 0.25) is 5.91 Å². The van der Waals surface area contributed by atoms with Crippen molar-refractivity contribution >= 4 is 11.8 Å². The summed E-state index contributed by atoms with van der Waals surface area (Å²) < 4.78 is 13.6. The van der Waals surface area contributed by atoms with E-state index < -0.39 is 0 Å². The second-order valence-corrected chi connectivity index (χ2v) is 11.2. The molecule has 35 heavy (non-hydrogen) atoms. The van der Waals surface area contributed by atoms with Gasteiger partial charge in [0.25, 0.3) is 5.91 Å². The molecule has 4 atom stereocenters. The topological polar surface area (TPSA) is 85.2 Å². The molecule has 2 amide bonds. The summed E-state index contributed by atoms with van der Waals surface area (Å²) >= 11 is 0. The van der Waals surface area contributed by atoms with Gasteiger partial charge in [-0.2, -0.15) is 5.26 Å². The average Bonchev–Trinajstić information content (AvgIpc) is 3.25. The highest BCUT2D eigenvalue weighted by molar-refractivity contribution is 5.94. The van der Waals surface area contributed by atoms with Gasteiger partial charge in [-0.25, -0.2) is 4.39 Å². The molecular weight excluding hydrogens is 443 g/mol. The lowest BCUT2D eigenvalue weighted by Gasteiger charge is -2.62. The van der Waals surface area contributed by atoms with Crippen molar-refractivity contribution in [3.8, 4) is 6.07 Å². The van der Waals surface area contributed by atoms with Crippen molar-refractivity contribution in [1.82, 2.24) is 15.5 Å². The van der Waals surface area contributed by atoms with E-state index in [-0.39, 0.29) is 35.3 Å². The summed E-state index contributed by atoms with van der Waals surface area (Å²) in [5, 5.41) is 16.0. The van der Waals surface area contributed by atoms with Crippen LogP contribution in [0.4, 0.5) is 4.39 Å². The summed E-state index contributed by atoms with van der Waals surface area (Å²) in [4.78, 5) is 28.0. The molecule has 0 radical (unpaired) electrons. The lowest BCUT2D eigenvalue weighted by atomic mass is 9.50. The number of benzene rings is 2. The molecule has 7 rings (SSSR count). The van der Waals surface area contributed by atoms with Crippen molar-refractivity contribution in [1.29, 1.82) is 5.26 Å². The molecule has 4 fully saturated rings. The number of hydrogen-bond acceptors (Lipinski definition) is 4. The third kappa shape index (κ3) is 4.10. The quantitative estimate of drug-likeness (QED) is 0.696. The third-order valence-corrected chi connectivity index (χ3v) is 8.57. The summed E-state index contributed by atoms with van der Waals surface area (Å²) in [6.45, 7) is 1.24. The Hall–Kier alpha value is -3.24. The minimum absolute atomic E-state index is 0.0352. The summed E-state index contributed by atoms with van der Waals surface area (Å²) in [5.74, 6) is 0.758. The number of nitriles is 1. The Morgan fingerprint density at radius 2 is 1.69 bits per heavy atom. The van der Waals surface area contributed by atoms with Crippen LogP contribution in [0.1, 0.15) is 65.6 Å². The SMILES string of the molecule is N#Cc1ccc(C(=O)NC23C[C@@H]4C[C@@H](CC(NCC(=O)N5Cc6ccc(F)cc6C5)(C4)C2)C3)cc1. The number of amides is 2. The number of rotatable bonds is 5. The molecule has 1 aliphatic heterocycles. The molecule has 180 valence electrons. The number of nitrogens with one attached hydrogen (secondary N) is 2. The summed E-state index contributed by atoms with van der Waals surface area (Å²) in [6, 6.07) is 13.6.